The monoisotopic (exact) mass is 310 g/mol. The van der Waals surface area contributed by atoms with Gasteiger partial charge < -0.3 is 4.89 Å². The molecular weight excluding hydrogens is 291 g/mol. The minimum Gasteiger partial charge on any atom is -0.302 e. The first kappa shape index (κ1) is 18.8. The summed E-state index contributed by atoms with van der Waals surface area (Å²) in [6, 6.07) is 0. The van der Waals surface area contributed by atoms with Crippen LogP contribution in [-0.2, 0) is 13.6 Å². The van der Waals surface area contributed by atoms with E-state index in [-0.39, 0.29) is 12.8 Å². The molecule has 0 radical (unpaired) electrons. The fraction of sp³-hybridized carbons (Fsp3) is 1.00. The maximum atomic E-state index is 13.0. The molecule has 0 spiro atoms. The molecule has 0 fully saturated rings. The van der Waals surface area contributed by atoms with Gasteiger partial charge in [0.1, 0.15) is 13.2 Å². The summed E-state index contributed by atoms with van der Waals surface area (Å²) in [5.41, 5.74) is 0. The van der Waals surface area contributed by atoms with Gasteiger partial charge in [-0.25, -0.2) is 22.1 Å². The van der Waals surface area contributed by atoms with Crippen LogP contribution in [0.3, 0.4) is 0 Å². The first-order valence-corrected chi connectivity index (χ1v) is 7.40. The van der Waals surface area contributed by atoms with Crippen LogP contribution in [0.1, 0.15) is 39.5 Å². The molecule has 0 heterocycles. The summed E-state index contributed by atoms with van der Waals surface area (Å²) < 4.78 is 71.2. The summed E-state index contributed by atoms with van der Waals surface area (Å²) in [7, 11) is -4.89. The van der Waals surface area contributed by atoms with Gasteiger partial charge in [-0.1, -0.05) is 26.7 Å². The lowest BCUT2D eigenvalue weighted by Crippen LogP contribution is -2.25. The molecule has 0 aromatic heterocycles. The number of phosphoric acid groups is 1. The zero-order chi connectivity index (χ0) is 15.2. The van der Waals surface area contributed by atoms with Gasteiger partial charge in [0, 0.05) is 12.8 Å². The van der Waals surface area contributed by atoms with Gasteiger partial charge in [0.2, 0.25) is 0 Å². The van der Waals surface area contributed by atoms with E-state index in [1.54, 1.807) is 0 Å². The Hall–Kier alpha value is -0.170. The van der Waals surface area contributed by atoms with Crippen molar-refractivity contribution in [1.29, 1.82) is 0 Å². The van der Waals surface area contributed by atoms with Gasteiger partial charge in [0.05, 0.1) is 0 Å². The van der Waals surface area contributed by atoms with Gasteiger partial charge >= 0.3 is 7.82 Å². The van der Waals surface area contributed by atoms with E-state index in [9.17, 15) is 22.1 Å². The quantitative estimate of drug-likeness (QED) is 0.489. The van der Waals surface area contributed by atoms with Crippen molar-refractivity contribution in [3.05, 3.63) is 0 Å². The van der Waals surface area contributed by atoms with Crippen molar-refractivity contribution in [1.82, 2.24) is 0 Å². The van der Waals surface area contributed by atoms with Crippen LogP contribution in [0.5, 0.6) is 0 Å². The SMILES string of the molecule is CCCC(F)(F)COP(=O)(O)OCC(F)(F)CCC. The molecule has 9 heteroatoms. The van der Waals surface area contributed by atoms with E-state index in [0.717, 1.165) is 0 Å². The minimum absolute atomic E-state index is 0.154. The van der Waals surface area contributed by atoms with E-state index in [1.807, 2.05) is 0 Å². The Labute approximate surface area is 109 Å². The highest BCUT2D eigenvalue weighted by Crippen LogP contribution is 2.46. The summed E-state index contributed by atoms with van der Waals surface area (Å²) >= 11 is 0. The standard InChI is InChI=1S/C10H19F4O4P/c1-3-5-9(11,12)7-17-19(15,16)18-8-10(13,14)6-4-2/h3-8H2,1-2H3,(H,15,16). The Kier molecular flexibility index (Phi) is 7.50. The van der Waals surface area contributed by atoms with Gasteiger partial charge in [-0.15, -0.1) is 0 Å². The highest BCUT2D eigenvalue weighted by Gasteiger charge is 2.36. The number of phosphoric ester groups is 1. The summed E-state index contributed by atoms with van der Waals surface area (Å²) in [5, 5.41) is 0. The highest BCUT2D eigenvalue weighted by molar-refractivity contribution is 7.47. The molecule has 0 aromatic rings. The van der Waals surface area contributed by atoms with E-state index in [0.29, 0.717) is 0 Å². The lowest BCUT2D eigenvalue weighted by Gasteiger charge is -2.20. The van der Waals surface area contributed by atoms with E-state index >= 15 is 0 Å². The number of alkyl halides is 4. The molecule has 0 atom stereocenters. The Bertz CT molecular complexity index is 286. The second-order valence-corrected chi connectivity index (χ2v) is 5.68. The van der Waals surface area contributed by atoms with E-state index < -0.39 is 45.7 Å². The zero-order valence-electron chi connectivity index (χ0n) is 10.9. The third kappa shape index (κ3) is 9.38. The molecule has 116 valence electrons. The molecule has 0 unspecified atom stereocenters. The normalized spacial score (nSPS) is 13.8. The smallest absolute Gasteiger partial charge is 0.302 e. The third-order valence-corrected chi connectivity index (χ3v) is 3.02. The van der Waals surface area contributed by atoms with Gasteiger partial charge in [0.25, 0.3) is 11.8 Å². The molecule has 0 rings (SSSR count). The van der Waals surface area contributed by atoms with Crippen molar-refractivity contribution in [3.8, 4) is 0 Å². The van der Waals surface area contributed by atoms with Crippen molar-refractivity contribution in [2.75, 3.05) is 13.2 Å². The Morgan fingerprint density at radius 2 is 1.26 bits per heavy atom. The molecule has 0 saturated carbocycles. The molecule has 0 aliphatic heterocycles. The number of hydrogen-bond donors (Lipinski definition) is 1. The van der Waals surface area contributed by atoms with Crippen LogP contribution in [0.4, 0.5) is 17.6 Å². The first-order chi connectivity index (χ1) is 8.54. The minimum atomic E-state index is -4.89. The number of rotatable bonds is 10. The van der Waals surface area contributed by atoms with Crippen LogP contribution in [-0.4, -0.2) is 30.0 Å². The average Bonchev–Trinajstić information content (AvgIpc) is 2.25. The molecule has 0 aliphatic rings. The molecule has 0 aliphatic carbocycles. The van der Waals surface area contributed by atoms with E-state index in [2.05, 4.69) is 9.05 Å². The van der Waals surface area contributed by atoms with Crippen LogP contribution < -0.4 is 0 Å². The molecule has 1 N–H and O–H groups in total. The maximum Gasteiger partial charge on any atom is 0.472 e. The summed E-state index contributed by atoms with van der Waals surface area (Å²) in [5.74, 6) is -6.58. The maximum absolute atomic E-state index is 13.0. The molecule has 19 heavy (non-hydrogen) atoms. The lowest BCUT2D eigenvalue weighted by atomic mass is 10.2. The van der Waals surface area contributed by atoms with Crippen LogP contribution in [0.25, 0.3) is 0 Å². The summed E-state index contributed by atoms with van der Waals surface area (Å²) in [4.78, 5) is 9.02. The predicted octanol–water partition coefficient (Wildman–Crippen LogP) is 3.99. The van der Waals surface area contributed by atoms with Crippen molar-refractivity contribution < 1.29 is 36.1 Å². The summed E-state index contributed by atoms with van der Waals surface area (Å²) in [6.45, 7) is 0.338. The molecule has 4 nitrogen and oxygen atoms in total. The van der Waals surface area contributed by atoms with E-state index in [1.165, 1.54) is 13.8 Å². The van der Waals surface area contributed by atoms with Crippen LogP contribution in [0, 0.1) is 0 Å². The first-order valence-electron chi connectivity index (χ1n) is 5.91. The van der Waals surface area contributed by atoms with Crippen LogP contribution >= 0.6 is 7.82 Å². The number of halogens is 4. The van der Waals surface area contributed by atoms with Gasteiger partial charge in [-0.05, 0) is 0 Å². The van der Waals surface area contributed by atoms with Crippen molar-refractivity contribution >= 4 is 7.82 Å². The predicted molar refractivity (Wildman–Crippen MR) is 61.4 cm³/mol. The van der Waals surface area contributed by atoms with Crippen molar-refractivity contribution in [2.45, 2.75) is 51.4 Å². The molecule has 0 bridgehead atoms. The Morgan fingerprint density at radius 1 is 0.947 bits per heavy atom. The van der Waals surface area contributed by atoms with Crippen LogP contribution in [0.15, 0.2) is 0 Å². The van der Waals surface area contributed by atoms with Gasteiger partial charge in [-0.2, -0.15) is 0 Å². The van der Waals surface area contributed by atoms with Crippen molar-refractivity contribution in [3.63, 3.8) is 0 Å². The zero-order valence-corrected chi connectivity index (χ0v) is 11.8. The van der Waals surface area contributed by atoms with E-state index in [4.69, 9.17) is 4.89 Å². The van der Waals surface area contributed by atoms with Gasteiger partial charge in [-0.3, -0.25) is 9.05 Å². The lowest BCUT2D eigenvalue weighted by molar-refractivity contribution is -0.0750. The highest BCUT2D eigenvalue weighted by atomic mass is 31.2. The Balaban J connectivity index is 4.23. The molecule has 0 amide bonds. The molecule has 0 saturated heterocycles. The topological polar surface area (TPSA) is 55.8 Å². The fourth-order valence-corrected chi connectivity index (χ4v) is 2.04. The average molecular weight is 310 g/mol. The number of hydrogen-bond acceptors (Lipinski definition) is 3. The third-order valence-electron chi connectivity index (χ3n) is 2.11. The second-order valence-electron chi connectivity index (χ2n) is 4.23. The fourth-order valence-electron chi connectivity index (χ4n) is 1.27. The largest absolute Gasteiger partial charge is 0.472 e. The summed E-state index contributed by atoms with van der Waals surface area (Å²) in [6.07, 6.45) is -0.749. The molecular formula is C10H19F4O4P. The molecule has 0 aromatic carbocycles. The van der Waals surface area contributed by atoms with Crippen molar-refractivity contribution in [2.24, 2.45) is 0 Å². The second kappa shape index (κ2) is 7.57. The Morgan fingerprint density at radius 3 is 1.53 bits per heavy atom. The van der Waals surface area contributed by atoms with Gasteiger partial charge in [0.15, 0.2) is 0 Å². The van der Waals surface area contributed by atoms with Crippen LogP contribution in [0.2, 0.25) is 0 Å².